The van der Waals surface area contributed by atoms with E-state index in [1.807, 2.05) is 74.0 Å². The van der Waals surface area contributed by atoms with Crippen LogP contribution in [0.2, 0.25) is 0 Å². The topological polar surface area (TPSA) is 69.5 Å². The molecule has 5 rings (SSSR count). The largest absolute Gasteiger partial charge is 0.486 e. The second-order valence-electron chi connectivity index (χ2n) is 8.54. The number of aryl methyl sites for hydroxylation is 1. The van der Waals surface area contributed by atoms with Gasteiger partial charge in [0.25, 0.3) is 5.91 Å². The third-order valence-electron chi connectivity index (χ3n) is 5.82. The zero-order valence-corrected chi connectivity index (χ0v) is 19.2. The Morgan fingerprint density at radius 3 is 2.61 bits per heavy atom. The smallest absolute Gasteiger partial charge is 0.258 e. The highest BCUT2D eigenvalue weighted by molar-refractivity contribution is 6.13. The summed E-state index contributed by atoms with van der Waals surface area (Å²) in [6.07, 6.45) is 1.73. The van der Waals surface area contributed by atoms with Gasteiger partial charge in [-0.15, -0.1) is 0 Å². The van der Waals surface area contributed by atoms with E-state index >= 15 is 0 Å². The highest BCUT2D eigenvalue weighted by atomic mass is 16.6. The number of rotatable bonds is 4. The number of fused-ring (bicyclic) bond motifs is 2. The van der Waals surface area contributed by atoms with Gasteiger partial charge in [0.2, 0.25) is 0 Å². The van der Waals surface area contributed by atoms with E-state index in [9.17, 15) is 4.79 Å². The van der Waals surface area contributed by atoms with E-state index in [-0.39, 0.29) is 11.9 Å². The third kappa shape index (κ3) is 3.80. The molecule has 1 aliphatic rings. The Kier molecular flexibility index (Phi) is 5.24. The number of hydrogen-bond acceptors (Lipinski definition) is 5. The maximum Gasteiger partial charge on any atom is 0.258 e. The third-order valence-corrected chi connectivity index (χ3v) is 5.82. The van der Waals surface area contributed by atoms with Crippen molar-refractivity contribution in [3.63, 3.8) is 0 Å². The lowest BCUT2D eigenvalue weighted by molar-refractivity contribution is 0.0994. The normalized spacial score (nSPS) is 12.9. The molecule has 3 heterocycles. The first kappa shape index (κ1) is 21.0. The quantitative estimate of drug-likeness (QED) is 0.443. The minimum atomic E-state index is -0.116. The molecule has 2 aromatic heterocycles. The van der Waals surface area contributed by atoms with Gasteiger partial charge in [0, 0.05) is 24.3 Å². The molecule has 0 N–H and O–H groups in total. The average Bonchev–Trinajstić information content (AvgIpc) is 3.26. The van der Waals surface area contributed by atoms with Crippen LogP contribution < -0.4 is 14.4 Å². The van der Waals surface area contributed by atoms with Crippen molar-refractivity contribution in [2.75, 3.05) is 25.2 Å². The van der Waals surface area contributed by atoms with Gasteiger partial charge in [-0.1, -0.05) is 12.1 Å². The molecule has 0 fully saturated rings. The first-order valence-corrected chi connectivity index (χ1v) is 11.1. The molecule has 4 aromatic rings. The fourth-order valence-electron chi connectivity index (χ4n) is 4.06. The van der Waals surface area contributed by atoms with Crippen LogP contribution in [0, 0.1) is 6.92 Å². The van der Waals surface area contributed by atoms with E-state index in [0.29, 0.717) is 41.6 Å². The molecule has 0 saturated heterocycles. The second-order valence-corrected chi connectivity index (χ2v) is 8.54. The Morgan fingerprint density at radius 1 is 1.06 bits per heavy atom. The zero-order valence-electron chi connectivity index (χ0n) is 19.2. The van der Waals surface area contributed by atoms with Crippen LogP contribution in [0.5, 0.6) is 11.5 Å². The van der Waals surface area contributed by atoms with E-state index in [2.05, 4.69) is 5.10 Å². The number of carbonyl (C=O) groups excluding carboxylic acids is 1. The number of hydrogen-bond donors (Lipinski definition) is 0. The SMILES string of the molecule is Cc1cccc(N(C)C(=O)c2cc(-c3ccc4c(c3)OCCO4)nc3c2cnn3C(C)C)c1. The number of nitrogens with zero attached hydrogens (tertiary/aromatic N) is 4. The predicted octanol–water partition coefficient (Wildman–Crippen LogP) is 5.04. The summed E-state index contributed by atoms with van der Waals surface area (Å²) in [7, 11) is 1.79. The number of anilines is 1. The Balaban J connectivity index is 1.66. The number of ether oxygens (including phenoxy) is 2. The van der Waals surface area contributed by atoms with Gasteiger partial charge in [0.1, 0.15) is 13.2 Å². The lowest BCUT2D eigenvalue weighted by Gasteiger charge is -2.20. The van der Waals surface area contributed by atoms with Gasteiger partial charge in [-0.05, 0) is 62.7 Å². The van der Waals surface area contributed by atoms with Gasteiger partial charge in [0.05, 0.1) is 22.8 Å². The van der Waals surface area contributed by atoms with Crippen LogP contribution in [-0.2, 0) is 0 Å². The van der Waals surface area contributed by atoms with E-state index in [1.165, 1.54) is 0 Å². The fourth-order valence-corrected chi connectivity index (χ4v) is 4.06. The van der Waals surface area contributed by atoms with Crippen molar-refractivity contribution < 1.29 is 14.3 Å². The van der Waals surface area contributed by atoms with Gasteiger partial charge in [-0.3, -0.25) is 4.79 Å². The van der Waals surface area contributed by atoms with Gasteiger partial charge in [-0.2, -0.15) is 5.10 Å². The maximum atomic E-state index is 13.7. The Morgan fingerprint density at radius 2 is 1.85 bits per heavy atom. The van der Waals surface area contributed by atoms with Crippen molar-refractivity contribution in [1.82, 2.24) is 14.8 Å². The number of benzene rings is 2. The van der Waals surface area contributed by atoms with Crippen LogP contribution >= 0.6 is 0 Å². The van der Waals surface area contributed by atoms with Crippen LogP contribution in [-0.4, -0.2) is 40.9 Å². The molecule has 0 spiro atoms. The van der Waals surface area contributed by atoms with Crippen LogP contribution in [0.25, 0.3) is 22.3 Å². The Bertz CT molecular complexity index is 1360. The van der Waals surface area contributed by atoms with Gasteiger partial charge < -0.3 is 14.4 Å². The molecule has 1 amide bonds. The van der Waals surface area contributed by atoms with Gasteiger partial charge in [0.15, 0.2) is 17.1 Å². The molecule has 0 unspecified atom stereocenters. The minimum absolute atomic E-state index is 0.1000. The van der Waals surface area contributed by atoms with Crippen LogP contribution in [0.1, 0.15) is 35.8 Å². The molecule has 7 heteroatoms. The van der Waals surface area contributed by atoms with Crippen LogP contribution in [0.4, 0.5) is 5.69 Å². The molecule has 0 saturated carbocycles. The summed E-state index contributed by atoms with van der Waals surface area (Å²) in [5, 5.41) is 5.26. The first-order chi connectivity index (χ1) is 15.9. The summed E-state index contributed by atoms with van der Waals surface area (Å²) in [6.45, 7) is 7.15. The van der Waals surface area contributed by atoms with Crippen molar-refractivity contribution in [1.29, 1.82) is 0 Å². The fraction of sp³-hybridized carbons (Fsp3) is 0.269. The first-order valence-electron chi connectivity index (χ1n) is 11.1. The maximum absolute atomic E-state index is 13.7. The summed E-state index contributed by atoms with van der Waals surface area (Å²) < 4.78 is 13.3. The summed E-state index contributed by atoms with van der Waals surface area (Å²) in [5.41, 5.74) is 4.70. The van der Waals surface area contributed by atoms with E-state index < -0.39 is 0 Å². The standard InChI is InChI=1S/C26H26N4O3/c1-16(2)30-25-21(15-27-30)20(26(31)29(4)19-7-5-6-17(3)12-19)14-22(28-25)18-8-9-23-24(13-18)33-11-10-32-23/h5-9,12-16H,10-11H2,1-4H3. The molecular weight excluding hydrogens is 416 g/mol. The monoisotopic (exact) mass is 442 g/mol. The molecule has 7 nitrogen and oxygen atoms in total. The van der Waals surface area contributed by atoms with Gasteiger partial charge in [-0.25, -0.2) is 9.67 Å². The summed E-state index contributed by atoms with van der Waals surface area (Å²) >= 11 is 0. The van der Waals surface area contributed by atoms with Crippen molar-refractivity contribution in [2.24, 2.45) is 0 Å². The van der Waals surface area contributed by atoms with Crippen LogP contribution in [0.15, 0.2) is 54.7 Å². The Hall–Kier alpha value is -3.87. The number of aromatic nitrogens is 3. The summed E-state index contributed by atoms with van der Waals surface area (Å²) in [5.74, 6) is 1.28. The highest BCUT2D eigenvalue weighted by Gasteiger charge is 2.22. The molecule has 0 bridgehead atoms. The van der Waals surface area contributed by atoms with Gasteiger partial charge >= 0.3 is 0 Å². The molecule has 0 aliphatic carbocycles. The number of amides is 1. The molecule has 33 heavy (non-hydrogen) atoms. The Labute approximate surface area is 192 Å². The molecule has 0 radical (unpaired) electrons. The number of carbonyl (C=O) groups is 1. The highest BCUT2D eigenvalue weighted by Crippen LogP contribution is 2.35. The molecular formula is C26H26N4O3. The van der Waals surface area contributed by atoms with Crippen molar-refractivity contribution >= 4 is 22.6 Å². The molecule has 1 aliphatic heterocycles. The second kappa shape index (κ2) is 8.24. The molecule has 168 valence electrons. The van der Waals surface area contributed by atoms with Crippen molar-refractivity contribution in [3.05, 3.63) is 65.9 Å². The molecule has 2 aromatic carbocycles. The molecule has 0 atom stereocenters. The lowest BCUT2D eigenvalue weighted by Crippen LogP contribution is -2.26. The van der Waals surface area contributed by atoms with E-state index in [1.54, 1.807) is 18.1 Å². The van der Waals surface area contributed by atoms with Crippen LogP contribution in [0.3, 0.4) is 0 Å². The number of pyridine rings is 1. The minimum Gasteiger partial charge on any atom is -0.486 e. The zero-order chi connectivity index (χ0) is 23.1. The van der Waals surface area contributed by atoms with Crippen molar-refractivity contribution in [3.8, 4) is 22.8 Å². The summed E-state index contributed by atoms with van der Waals surface area (Å²) in [4.78, 5) is 20.2. The average molecular weight is 443 g/mol. The van der Waals surface area contributed by atoms with Crippen molar-refractivity contribution in [2.45, 2.75) is 26.8 Å². The lowest BCUT2D eigenvalue weighted by atomic mass is 10.0. The predicted molar refractivity (Wildman–Crippen MR) is 128 cm³/mol. The van der Waals surface area contributed by atoms with E-state index in [4.69, 9.17) is 14.5 Å². The summed E-state index contributed by atoms with van der Waals surface area (Å²) in [6, 6.07) is 15.6. The van der Waals surface area contributed by atoms with E-state index in [0.717, 1.165) is 22.2 Å².